The van der Waals surface area contributed by atoms with Crippen molar-refractivity contribution in [2.75, 3.05) is 11.6 Å². The number of amides is 1. The molecule has 1 aromatic carbocycles. The van der Waals surface area contributed by atoms with Crippen molar-refractivity contribution in [1.82, 2.24) is 9.38 Å². The quantitative estimate of drug-likeness (QED) is 0.744. The molecule has 1 N–H and O–H groups in total. The fraction of sp³-hybridized carbons (Fsp3) is 0.222. The van der Waals surface area contributed by atoms with Gasteiger partial charge in [-0.05, 0) is 37.4 Å². The number of nitrogens with one attached hydrogen (secondary N) is 1. The molecule has 0 spiro atoms. The van der Waals surface area contributed by atoms with Gasteiger partial charge in [-0.15, -0.1) is 0 Å². The molecule has 2 heterocycles. The summed E-state index contributed by atoms with van der Waals surface area (Å²) in [6.07, 6.45) is 5.81. The Morgan fingerprint density at radius 2 is 2.21 bits per heavy atom. The molecule has 6 heteroatoms. The van der Waals surface area contributed by atoms with Gasteiger partial charge in [0.05, 0.1) is 10.9 Å². The first-order chi connectivity index (χ1) is 11.7. The fourth-order valence-electron chi connectivity index (χ4n) is 2.23. The second kappa shape index (κ2) is 7.40. The van der Waals surface area contributed by atoms with Gasteiger partial charge >= 0.3 is 0 Å². The van der Waals surface area contributed by atoms with Crippen LogP contribution >= 0.6 is 11.8 Å². The SMILES string of the molecule is CS[C@@H](C)C(=O)Nc1cccc(OCc2cn3ccccc3n2)c1. The minimum atomic E-state index is -0.0902. The van der Waals surface area contributed by atoms with Crippen LogP contribution in [-0.2, 0) is 11.4 Å². The van der Waals surface area contributed by atoms with Gasteiger partial charge in [-0.2, -0.15) is 11.8 Å². The van der Waals surface area contributed by atoms with E-state index in [1.165, 1.54) is 11.8 Å². The zero-order chi connectivity index (χ0) is 16.9. The van der Waals surface area contributed by atoms with E-state index in [-0.39, 0.29) is 11.2 Å². The molecule has 3 rings (SSSR count). The summed E-state index contributed by atoms with van der Waals surface area (Å²) in [5.74, 6) is 0.682. The van der Waals surface area contributed by atoms with Crippen molar-refractivity contribution >= 4 is 29.0 Å². The molecule has 5 nitrogen and oxygen atoms in total. The number of benzene rings is 1. The molecule has 0 aliphatic heterocycles. The van der Waals surface area contributed by atoms with E-state index in [9.17, 15) is 4.79 Å². The van der Waals surface area contributed by atoms with E-state index < -0.39 is 0 Å². The monoisotopic (exact) mass is 341 g/mol. The van der Waals surface area contributed by atoms with Gasteiger partial charge in [0.25, 0.3) is 0 Å². The largest absolute Gasteiger partial charge is 0.487 e. The molecule has 3 aromatic rings. The second-order valence-electron chi connectivity index (χ2n) is 5.38. The number of thioether (sulfide) groups is 1. The first-order valence-electron chi connectivity index (χ1n) is 7.65. The van der Waals surface area contributed by atoms with Crippen LogP contribution in [-0.4, -0.2) is 26.8 Å². The summed E-state index contributed by atoms with van der Waals surface area (Å²) in [4.78, 5) is 16.4. The average Bonchev–Trinajstić information content (AvgIpc) is 3.02. The van der Waals surface area contributed by atoms with Gasteiger partial charge in [0.15, 0.2) is 0 Å². The Bertz CT molecular complexity index is 814. The summed E-state index contributed by atoms with van der Waals surface area (Å²) in [5.41, 5.74) is 2.48. The first-order valence-corrected chi connectivity index (χ1v) is 8.93. The molecular weight excluding hydrogens is 322 g/mol. The minimum Gasteiger partial charge on any atom is -0.487 e. The predicted octanol–water partition coefficient (Wildman–Crippen LogP) is 3.60. The molecule has 0 saturated carbocycles. The van der Waals surface area contributed by atoms with Crippen molar-refractivity contribution in [1.29, 1.82) is 0 Å². The number of anilines is 1. The van der Waals surface area contributed by atoms with Gasteiger partial charge in [-0.25, -0.2) is 4.98 Å². The minimum absolute atomic E-state index is 0.0139. The molecule has 24 heavy (non-hydrogen) atoms. The number of rotatable bonds is 6. The van der Waals surface area contributed by atoms with Gasteiger partial charge < -0.3 is 14.5 Å². The van der Waals surface area contributed by atoms with Gasteiger partial charge in [0.1, 0.15) is 18.0 Å². The zero-order valence-corrected chi connectivity index (χ0v) is 14.4. The summed E-state index contributed by atoms with van der Waals surface area (Å²) in [6.45, 7) is 2.25. The standard InChI is InChI=1S/C18H19N3O2S/c1-13(24-2)18(22)20-14-6-5-7-16(10-14)23-12-15-11-21-9-4-3-8-17(21)19-15/h3-11,13H,12H2,1-2H3,(H,20,22)/t13-/m0/s1. The lowest BCUT2D eigenvalue weighted by atomic mass is 10.3. The predicted molar refractivity (Wildman–Crippen MR) is 97.6 cm³/mol. The van der Waals surface area contributed by atoms with Crippen LogP contribution in [0.2, 0.25) is 0 Å². The van der Waals surface area contributed by atoms with Crippen molar-refractivity contribution in [3.05, 3.63) is 60.6 Å². The van der Waals surface area contributed by atoms with Crippen LogP contribution in [0.4, 0.5) is 5.69 Å². The number of hydrogen-bond acceptors (Lipinski definition) is 4. The molecule has 1 amide bonds. The van der Waals surface area contributed by atoms with E-state index in [2.05, 4.69) is 10.3 Å². The lowest BCUT2D eigenvalue weighted by molar-refractivity contribution is -0.115. The molecule has 0 fully saturated rings. The highest BCUT2D eigenvalue weighted by Gasteiger charge is 2.11. The Labute approximate surface area is 145 Å². The maximum Gasteiger partial charge on any atom is 0.237 e. The number of ether oxygens (including phenoxy) is 1. The highest BCUT2D eigenvalue weighted by atomic mass is 32.2. The molecule has 0 aliphatic carbocycles. The number of pyridine rings is 1. The van der Waals surface area contributed by atoms with Crippen molar-refractivity contribution in [2.24, 2.45) is 0 Å². The number of carbonyl (C=O) groups excluding carboxylic acids is 1. The number of imidazole rings is 1. The normalized spacial score (nSPS) is 12.1. The van der Waals surface area contributed by atoms with E-state index in [4.69, 9.17) is 4.74 Å². The van der Waals surface area contributed by atoms with Crippen LogP contribution in [0.1, 0.15) is 12.6 Å². The zero-order valence-electron chi connectivity index (χ0n) is 13.6. The van der Waals surface area contributed by atoms with Crippen LogP contribution in [0.15, 0.2) is 54.9 Å². The summed E-state index contributed by atoms with van der Waals surface area (Å²) in [6, 6.07) is 13.3. The summed E-state index contributed by atoms with van der Waals surface area (Å²) in [7, 11) is 0. The molecule has 0 bridgehead atoms. The smallest absolute Gasteiger partial charge is 0.237 e. The van der Waals surface area contributed by atoms with Crippen LogP contribution in [0.5, 0.6) is 5.75 Å². The van der Waals surface area contributed by atoms with Crippen LogP contribution < -0.4 is 10.1 Å². The number of hydrogen-bond donors (Lipinski definition) is 1. The molecule has 0 unspecified atom stereocenters. The maximum absolute atomic E-state index is 11.9. The van der Waals surface area contributed by atoms with Gasteiger partial charge in [-0.1, -0.05) is 12.1 Å². The van der Waals surface area contributed by atoms with Crippen LogP contribution in [0.3, 0.4) is 0 Å². The molecular formula is C18H19N3O2S. The Kier molecular flexibility index (Phi) is 5.05. The Morgan fingerprint density at radius 1 is 1.33 bits per heavy atom. The average molecular weight is 341 g/mol. The first kappa shape index (κ1) is 16.4. The highest BCUT2D eigenvalue weighted by Crippen LogP contribution is 2.20. The van der Waals surface area contributed by atoms with Crippen molar-refractivity contribution < 1.29 is 9.53 Å². The topological polar surface area (TPSA) is 55.6 Å². The van der Waals surface area contributed by atoms with Gasteiger partial charge in [0.2, 0.25) is 5.91 Å². The van der Waals surface area contributed by atoms with Crippen molar-refractivity contribution in [3.63, 3.8) is 0 Å². The van der Waals surface area contributed by atoms with Crippen molar-refractivity contribution in [2.45, 2.75) is 18.8 Å². The lowest BCUT2D eigenvalue weighted by Gasteiger charge is -2.11. The Morgan fingerprint density at radius 3 is 3.00 bits per heavy atom. The number of fused-ring (bicyclic) bond motifs is 1. The molecule has 0 radical (unpaired) electrons. The summed E-state index contributed by atoms with van der Waals surface area (Å²) >= 11 is 1.51. The lowest BCUT2D eigenvalue weighted by Crippen LogP contribution is -2.21. The van der Waals surface area contributed by atoms with E-state index in [1.54, 1.807) is 0 Å². The van der Waals surface area contributed by atoms with Gasteiger partial charge in [0, 0.05) is 24.1 Å². The fourth-order valence-corrected chi connectivity index (χ4v) is 2.50. The van der Waals surface area contributed by atoms with Crippen LogP contribution in [0.25, 0.3) is 5.65 Å². The van der Waals surface area contributed by atoms with E-state index in [0.29, 0.717) is 12.4 Å². The summed E-state index contributed by atoms with van der Waals surface area (Å²) < 4.78 is 7.76. The molecule has 0 aliphatic rings. The van der Waals surface area contributed by atoms with E-state index in [1.807, 2.05) is 72.4 Å². The van der Waals surface area contributed by atoms with Crippen LogP contribution in [0, 0.1) is 0 Å². The third-order valence-electron chi connectivity index (χ3n) is 3.62. The number of nitrogens with zero attached hydrogens (tertiary/aromatic N) is 2. The van der Waals surface area contributed by atoms with E-state index in [0.717, 1.165) is 17.0 Å². The Hall–Kier alpha value is -2.47. The third-order valence-corrected chi connectivity index (χ3v) is 4.55. The highest BCUT2D eigenvalue weighted by molar-refractivity contribution is 7.99. The van der Waals surface area contributed by atoms with Crippen molar-refractivity contribution in [3.8, 4) is 5.75 Å². The molecule has 0 saturated heterocycles. The van der Waals surface area contributed by atoms with E-state index >= 15 is 0 Å². The molecule has 1 atom stereocenters. The number of carbonyl (C=O) groups is 1. The van der Waals surface area contributed by atoms with Gasteiger partial charge in [-0.3, -0.25) is 4.79 Å². The second-order valence-corrected chi connectivity index (χ2v) is 6.56. The molecule has 2 aromatic heterocycles. The Balaban J connectivity index is 1.65. The third kappa shape index (κ3) is 3.89. The summed E-state index contributed by atoms with van der Waals surface area (Å²) in [5, 5.41) is 2.80. The number of aromatic nitrogens is 2. The molecule has 124 valence electrons. The maximum atomic E-state index is 11.9.